The van der Waals surface area contributed by atoms with Crippen LogP contribution in [-0.4, -0.2) is 38.1 Å². The van der Waals surface area contributed by atoms with E-state index in [0.717, 1.165) is 5.92 Å². The molecular formula is C14H32O3Si3. The Morgan fingerprint density at radius 2 is 1.80 bits per heavy atom. The minimum atomic E-state index is -1.96. The molecule has 0 aromatic carbocycles. The van der Waals surface area contributed by atoms with Gasteiger partial charge in [0, 0.05) is 0 Å². The molecule has 0 spiro atoms. The normalized spacial score (nSPS) is 32.9. The summed E-state index contributed by atoms with van der Waals surface area (Å²) in [5.41, 5.74) is 0. The Bertz CT molecular complexity index is 332. The van der Waals surface area contributed by atoms with Crippen molar-refractivity contribution in [3.05, 3.63) is 0 Å². The summed E-state index contributed by atoms with van der Waals surface area (Å²) < 4.78 is 18.6. The van der Waals surface area contributed by atoms with Crippen LogP contribution in [-0.2, 0) is 13.0 Å². The Hall–Kier alpha value is 0.531. The molecule has 20 heavy (non-hydrogen) atoms. The van der Waals surface area contributed by atoms with E-state index in [1.165, 1.54) is 31.7 Å². The summed E-state index contributed by atoms with van der Waals surface area (Å²) in [7, 11) is -4.50. The Labute approximate surface area is 128 Å². The molecule has 4 atom stereocenters. The second kappa shape index (κ2) is 6.34. The topological polar surface area (TPSA) is 31.0 Å². The first-order chi connectivity index (χ1) is 9.17. The molecule has 3 nitrogen and oxygen atoms in total. The van der Waals surface area contributed by atoms with E-state index in [1.54, 1.807) is 0 Å². The average molecular weight is 333 g/mol. The van der Waals surface area contributed by atoms with Crippen LogP contribution in [0.1, 0.15) is 25.7 Å². The van der Waals surface area contributed by atoms with Crippen LogP contribution in [0.25, 0.3) is 0 Å². The molecule has 0 bridgehead atoms. The lowest BCUT2D eigenvalue weighted by Crippen LogP contribution is -2.49. The van der Waals surface area contributed by atoms with Crippen molar-refractivity contribution in [2.45, 2.75) is 83.2 Å². The van der Waals surface area contributed by atoms with Gasteiger partial charge >= 0.3 is 8.56 Å². The standard InChI is InChI=1S/C14H32O3Si3/c1-18(2)16-20(6,17-19(3,4)5)10-9-12-7-8-13-14(11-12)15-13/h12-14,18H,7-11H2,1-6H3. The van der Waals surface area contributed by atoms with Crippen LogP contribution >= 0.6 is 0 Å². The van der Waals surface area contributed by atoms with Crippen molar-refractivity contribution in [2.24, 2.45) is 5.92 Å². The first kappa shape index (κ1) is 16.9. The summed E-state index contributed by atoms with van der Waals surface area (Å²) in [6.07, 6.45) is 6.40. The second-order valence-corrected chi connectivity index (χ2v) is 18.8. The molecule has 2 fully saturated rings. The van der Waals surface area contributed by atoms with Crippen LogP contribution in [0.5, 0.6) is 0 Å². The van der Waals surface area contributed by atoms with Gasteiger partial charge in [0.15, 0.2) is 17.4 Å². The molecule has 118 valence electrons. The highest BCUT2D eigenvalue weighted by Crippen LogP contribution is 2.41. The molecule has 1 aliphatic carbocycles. The van der Waals surface area contributed by atoms with Crippen molar-refractivity contribution in [3.8, 4) is 0 Å². The third-order valence-corrected chi connectivity index (χ3v) is 13.4. The second-order valence-electron chi connectivity index (χ2n) is 7.95. The maximum Gasteiger partial charge on any atom is 0.314 e. The number of ether oxygens (including phenoxy) is 1. The number of epoxide rings is 1. The van der Waals surface area contributed by atoms with Crippen LogP contribution in [0.4, 0.5) is 0 Å². The molecule has 1 aliphatic heterocycles. The van der Waals surface area contributed by atoms with E-state index < -0.39 is 25.9 Å². The van der Waals surface area contributed by atoms with Gasteiger partial charge in [-0.2, -0.15) is 0 Å². The van der Waals surface area contributed by atoms with Gasteiger partial charge in [-0.15, -0.1) is 0 Å². The third-order valence-electron chi connectivity index (χ3n) is 4.13. The first-order valence-electron chi connectivity index (χ1n) is 8.20. The molecule has 2 aliphatic rings. The van der Waals surface area contributed by atoms with Gasteiger partial charge in [-0.3, -0.25) is 0 Å². The fourth-order valence-corrected chi connectivity index (χ4v) is 15.1. The molecule has 1 saturated carbocycles. The third kappa shape index (κ3) is 5.38. The Morgan fingerprint density at radius 3 is 2.35 bits per heavy atom. The van der Waals surface area contributed by atoms with Gasteiger partial charge in [-0.05, 0) is 76.9 Å². The average Bonchev–Trinajstić information content (AvgIpc) is 3.00. The lowest BCUT2D eigenvalue weighted by molar-refractivity contribution is 0.341. The summed E-state index contributed by atoms with van der Waals surface area (Å²) in [6.45, 7) is 13.7. The largest absolute Gasteiger partial charge is 0.439 e. The summed E-state index contributed by atoms with van der Waals surface area (Å²) in [6, 6.07) is 1.17. The van der Waals surface area contributed by atoms with Crippen LogP contribution in [0.2, 0.25) is 45.3 Å². The Kier molecular flexibility index (Phi) is 5.35. The van der Waals surface area contributed by atoms with Crippen LogP contribution < -0.4 is 0 Å². The van der Waals surface area contributed by atoms with Crippen molar-refractivity contribution >= 4 is 25.9 Å². The van der Waals surface area contributed by atoms with Gasteiger partial charge < -0.3 is 13.0 Å². The van der Waals surface area contributed by atoms with Gasteiger partial charge in [0.1, 0.15) is 0 Å². The number of rotatable bonds is 7. The highest BCUT2D eigenvalue weighted by molar-refractivity contribution is 6.84. The molecule has 2 rings (SSSR count). The van der Waals surface area contributed by atoms with Gasteiger partial charge in [0.2, 0.25) is 0 Å². The quantitative estimate of drug-likeness (QED) is 0.524. The molecule has 1 heterocycles. The molecule has 0 aromatic heterocycles. The maximum absolute atomic E-state index is 6.52. The van der Waals surface area contributed by atoms with Crippen LogP contribution in [0.3, 0.4) is 0 Å². The lowest BCUT2D eigenvalue weighted by Gasteiger charge is -2.36. The van der Waals surface area contributed by atoms with E-state index in [1.807, 2.05) is 0 Å². The van der Waals surface area contributed by atoms with Crippen molar-refractivity contribution in [2.75, 3.05) is 0 Å². The first-order valence-corrected chi connectivity index (χ1v) is 16.9. The van der Waals surface area contributed by atoms with Crippen molar-refractivity contribution < 1.29 is 13.0 Å². The summed E-state index contributed by atoms with van der Waals surface area (Å²) in [5.74, 6) is 0.841. The molecule has 0 N–H and O–H groups in total. The predicted molar refractivity (Wildman–Crippen MR) is 91.4 cm³/mol. The van der Waals surface area contributed by atoms with Crippen LogP contribution in [0.15, 0.2) is 0 Å². The highest BCUT2D eigenvalue weighted by atomic mass is 28.5. The Morgan fingerprint density at radius 1 is 1.10 bits per heavy atom. The minimum Gasteiger partial charge on any atom is -0.439 e. The van der Waals surface area contributed by atoms with Gasteiger partial charge in [0.25, 0.3) is 0 Å². The predicted octanol–water partition coefficient (Wildman–Crippen LogP) is 3.87. The van der Waals surface area contributed by atoms with E-state index in [4.69, 9.17) is 13.0 Å². The zero-order valence-electron chi connectivity index (χ0n) is 14.1. The lowest BCUT2D eigenvalue weighted by atomic mass is 9.88. The molecular weight excluding hydrogens is 300 g/mol. The summed E-state index contributed by atoms with van der Waals surface area (Å²) in [4.78, 5) is 0. The van der Waals surface area contributed by atoms with E-state index in [-0.39, 0.29) is 0 Å². The molecule has 6 heteroatoms. The van der Waals surface area contributed by atoms with Gasteiger partial charge in [-0.1, -0.05) is 0 Å². The smallest absolute Gasteiger partial charge is 0.314 e. The Balaban J connectivity index is 1.85. The number of hydrogen-bond acceptors (Lipinski definition) is 3. The molecule has 4 unspecified atom stereocenters. The number of fused-ring (bicyclic) bond motifs is 1. The van der Waals surface area contributed by atoms with Crippen molar-refractivity contribution in [1.29, 1.82) is 0 Å². The van der Waals surface area contributed by atoms with Crippen LogP contribution in [0, 0.1) is 5.92 Å². The van der Waals surface area contributed by atoms with Crippen molar-refractivity contribution in [1.82, 2.24) is 0 Å². The zero-order chi connectivity index (χ0) is 15.0. The number of hydrogen-bond donors (Lipinski definition) is 0. The van der Waals surface area contributed by atoms with Gasteiger partial charge in [-0.25, -0.2) is 0 Å². The van der Waals surface area contributed by atoms with E-state index in [2.05, 4.69) is 39.3 Å². The SMILES string of the molecule is C[SiH](C)O[Si](C)(CCC1CCC2OC2C1)O[Si](C)(C)C. The summed E-state index contributed by atoms with van der Waals surface area (Å²) >= 11 is 0. The minimum absolute atomic E-state index is 0.597. The fraction of sp³-hybridized carbons (Fsp3) is 1.00. The molecule has 1 saturated heterocycles. The van der Waals surface area contributed by atoms with Gasteiger partial charge in [0.05, 0.1) is 12.2 Å². The molecule has 0 radical (unpaired) electrons. The zero-order valence-corrected chi connectivity index (χ0v) is 17.2. The van der Waals surface area contributed by atoms with E-state index in [0.29, 0.717) is 12.2 Å². The van der Waals surface area contributed by atoms with E-state index in [9.17, 15) is 0 Å². The van der Waals surface area contributed by atoms with E-state index >= 15 is 0 Å². The molecule has 0 amide bonds. The fourth-order valence-electron chi connectivity index (χ4n) is 3.50. The summed E-state index contributed by atoms with van der Waals surface area (Å²) in [5, 5.41) is 0. The molecule has 0 aromatic rings. The monoisotopic (exact) mass is 332 g/mol. The highest BCUT2D eigenvalue weighted by Gasteiger charge is 2.45. The van der Waals surface area contributed by atoms with Crippen molar-refractivity contribution in [3.63, 3.8) is 0 Å². The maximum atomic E-state index is 6.52.